The first-order valence-corrected chi connectivity index (χ1v) is 8.68. The molecular formula is C17H37N3O2. The van der Waals surface area contributed by atoms with E-state index in [0.29, 0.717) is 25.0 Å². The molecule has 1 atom stereocenters. The highest BCUT2D eigenvalue weighted by molar-refractivity contribution is 5.67. The average Bonchev–Trinajstić information content (AvgIpc) is 2.44. The van der Waals surface area contributed by atoms with Crippen molar-refractivity contribution in [3.63, 3.8) is 0 Å². The number of rotatable bonds is 10. The van der Waals surface area contributed by atoms with Crippen LogP contribution in [0.25, 0.3) is 0 Å². The van der Waals surface area contributed by atoms with E-state index in [1.807, 2.05) is 20.8 Å². The van der Waals surface area contributed by atoms with Gasteiger partial charge in [0, 0.05) is 25.7 Å². The zero-order chi connectivity index (χ0) is 17.2. The van der Waals surface area contributed by atoms with Gasteiger partial charge in [-0.3, -0.25) is 4.90 Å². The molecule has 0 spiro atoms. The zero-order valence-corrected chi connectivity index (χ0v) is 15.4. The fraction of sp³-hybridized carbons (Fsp3) is 0.941. The van der Waals surface area contributed by atoms with Crippen molar-refractivity contribution in [2.24, 2.45) is 11.7 Å². The Hall–Kier alpha value is -0.810. The number of amides is 1. The monoisotopic (exact) mass is 315 g/mol. The Balaban J connectivity index is 4.30. The third-order valence-electron chi connectivity index (χ3n) is 3.99. The van der Waals surface area contributed by atoms with Gasteiger partial charge >= 0.3 is 6.09 Å². The van der Waals surface area contributed by atoms with Crippen LogP contribution in [-0.4, -0.2) is 48.8 Å². The Morgan fingerprint density at radius 2 is 1.82 bits per heavy atom. The van der Waals surface area contributed by atoms with E-state index in [1.165, 1.54) is 12.8 Å². The van der Waals surface area contributed by atoms with E-state index in [9.17, 15) is 4.79 Å². The Morgan fingerprint density at radius 3 is 2.23 bits per heavy atom. The van der Waals surface area contributed by atoms with Gasteiger partial charge in [0.1, 0.15) is 5.60 Å². The standard InChI is InChI=1S/C17H37N3O2/c1-7-14(8-2)13-20(9-3)15(12-18)10-11-19-16(21)22-17(4,5)6/h14-15H,7-13,18H2,1-6H3,(H,19,21). The van der Waals surface area contributed by atoms with Crippen LogP contribution in [0.15, 0.2) is 0 Å². The third kappa shape index (κ3) is 9.26. The molecule has 5 nitrogen and oxygen atoms in total. The molecule has 1 amide bonds. The summed E-state index contributed by atoms with van der Waals surface area (Å²) in [6.07, 6.45) is 2.89. The van der Waals surface area contributed by atoms with E-state index >= 15 is 0 Å². The molecule has 5 heteroatoms. The van der Waals surface area contributed by atoms with Crippen molar-refractivity contribution in [1.82, 2.24) is 10.2 Å². The third-order valence-corrected chi connectivity index (χ3v) is 3.99. The van der Waals surface area contributed by atoms with Crippen molar-refractivity contribution in [2.75, 3.05) is 26.2 Å². The van der Waals surface area contributed by atoms with Gasteiger partial charge in [0.05, 0.1) is 0 Å². The molecule has 132 valence electrons. The first-order valence-electron chi connectivity index (χ1n) is 8.68. The first-order chi connectivity index (χ1) is 10.3. The highest BCUT2D eigenvalue weighted by Gasteiger charge is 2.20. The van der Waals surface area contributed by atoms with Crippen LogP contribution >= 0.6 is 0 Å². The molecule has 3 N–H and O–H groups in total. The summed E-state index contributed by atoms with van der Waals surface area (Å²) in [5.74, 6) is 0.716. The highest BCUT2D eigenvalue weighted by Crippen LogP contribution is 2.13. The topological polar surface area (TPSA) is 67.6 Å². The maximum atomic E-state index is 11.7. The van der Waals surface area contributed by atoms with E-state index in [-0.39, 0.29) is 6.09 Å². The number of nitrogens with zero attached hydrogens (tertiary/aromatic N) is 1. The van der Waals surface area contributed by atoms with E-state index in [2.05, 4.69) is 31.0 Å². The molecule has 0 heterocycles. The van der Waals surface area contributed by atoms with Crippen LogP contribution in [0.1, 0.15) is 60.8 Å². The number of carbonyl (C=O) groups excluding carboxylic acids is 1. The number of hydrogen-bond acceptors (Lipinski definition) is 4. The molecule has 0 bridgehead atoms. The summed E-state index contributed by atoms with van der Waals surface area (Å²) in [6, 6.07) is 0.306. The maximum absolute atomic E-state index is 11.7. The van der Waals surface area contributed by atoms with Gasteiger partial charge in [0.2, 0.25) is 0 Å². The van der Waals surface area contributed by atoms with Crippen molar-refractivity contribution >= 4 is 6.09 Å². The predicted octanol–water partition coefficient (Wildman–Crippen LogP) is 2.99. The van der Waals surface area contributed by atoms with E-state index in [0.717, 1.165) is 19.5 Å². The second kappa shape index (κ2) is 10.8. The highest BCUT2D eigenvalue weighted by atomic mass is 16.6. The molecule has 0 aliphatic rings. The lowest BCUT2D eigenvalue weighted by atomic mass is 10.0. The summed E-state index contributed by atoms with van der Waals surface area (Å²) in [7, 11) is 0. The Labute approximate surface area is 137 Å². The van der Waals surface area contributed by atoms with Crippen LogP contribution in [0.5, 0.6) is 0 Å². The molecule has 0 radical (unpaired) electrons. The minimum Gasteiger partial charge on any atom is -0.444 e. The van der Waals surface area contributed by atoms with Gasteiger partial charge in [-0.1, -0.05) is 33.6 Å². The van der Waals surface area contributed by atoms with Gasteiger partial charge in [-0.25, -0.2) is 4.79 Å². The minimum absolute atomic E-state index is 0.306. The average molecular weight is 316 g/mol. The summed E-state index contributed by atoms with van der Waals surface area (Å²) in [5.41, 5.74) is 5.48. The molecule has 22 heavy (non-hydrogen) atoms. The second-order valence-electron chi connectivity index (χ2n) is 6.88. The lowest BCUT2D eigenvalue weighted by Crippen LogP contribution is -2.45. The van der Waals surface area contributed by atoms with E-state index in [4.69, 9.17) is 10.5 Å². The molecule has 0 aromatic carbocycles. The van der Waals surface area contributed by atoms with Gasteiger partial charge in [-0.15, -0.1) is 0 Å². The Morgan fingerprint density at radius 1 is 1.23 bits per heavy atom. The molecule has 0 rings (SSSR count). The largest absolute Gasteiger partial charge is 0.444 e. The number of nitrogens with one attached hydrogen (secondary N) is 1. The quantitative estimate of drug-likeness (QED) is 0.650. The number of nitrogens with two attached hydrogens (primary N) is 1. The van der Waals surface area contributed by atoms with Crippen LogP contribution in [-0.2, 0) is 4.74 Å². The molecule has 0 aliphatic heterocycles. The van der Waals surface area contributed by atoms with Gasteiger partial charge in [0.15, 0.2) is 0 Å². The number of alkyl carbamates (subject to hydrolysis) is 1. The molecule has 0 saturated heterocycles. The van der Waals surface area contributed by atoms with Gasteiger partial charge in [-0.2, -0.15) is 0 Å². The number of carbonyl (C=O) groups is 1. The fourth-order valence-corrected chi connectivity index (χ4v) is 2.52. The SMILES string of the molecule is CCC(CC)CN(CC)C(CN)CCNC(=O)OC(C)(C)C. The van der Waals surface area contributed by atoms with Gasteiger partial charge < -0.3 is 15.8 Å². The van der Waals surface area contributed by atoms with Gasteiger partial charge in [-0.05, 0) is 39.7 Å². The predicted molar refractivity (Wildman–Crippen MR) is 93.0 cm³/mol. The summed E-state index contributed by atoms with van der Waals surface area (Å²) < 4.78 is 5.24. The lowest BCUT2D eigenvalue weighted by molar-refractivity contribution is 0.0521. The molecular weight excluding hydrogens is 278 g/mol. The fourth-order valence-electron chi connectivity index (χ4n) is 2.52. The molecule has 0 fully saturated rings. The lowest BCUT2D eigenvalue weighted by Gasteiger charge is -2.32. The molecule has 0 aromatic rings. The van der Waals surface area contributed by atoms with Crippen LogP contribution in [0, 0.1) is 5.92 Å². The minimum atomic E-state index is -0.456. The first kappa shape index (κ1) is 21.2. The molecule has 1 unspecified atom stereocenters. The Kier molecular flexibility index (Phi) is 10.4. The summed E-state index contributed by atoms with van der Waals surface area (Å²) in [6.45, 7) is 15.5. The smallest absolute Gasteiger partial charge is 0.407 e. The van der Waals surface area contributed by atoms with Crippen LogP contribution < -0.4 is 11.1 Å². The van der Waals surface area contributed by atoms with Crippen LogP contribution in [0.2, 0.25) is 0 Å². The van der Waals surface area contributed by atoms with Crippen LogP contribution in [0.3, 0.4) is 0 Å². The molecule has 0 aliphatic carbocycles. The number of likely N-dealkylation sites (N-methyl/N-ethyl adjacent to an activating group) is 1. The molecule has 0 aromatic heterocycles. The summed E-state index contributed by atoms with van der Waals surface area (Å²) >= 11 is 0. The number of hydrogen-bond donors (Lipinski definition) is 2. The van der Waals surface area contributed by atoms with Crippen molar-refractivity contribution in [3.8, 4) is 0 Å². The van der Waals surface area contributed by atoms with E-state index < -0.39 is 5.60 Å². The summed E-state index contributed by atoms with van der Waals surface area (Å²) in [5, 5.41) is 2.82. The summed E-state index contributed by atoms with van der Waals surface area (Å²) in [4.78, 5) is 14.1. The van der Waals surface area contributed by atoms with Crippen LogP contribution in [0.4, 0.5) is 4.79 Å². The molecule has 0 saturated carbocycles. The maximum Gasteiger partial charge on any atom is 0.407 e. The van der Waals surface area contributed by atoms with E-state index in [1.54, 1.807) is 0 Å². The van der Waals surface area contributed by atoms with Crippen molar-refractivity contribution in [2.45, 2.75) is 72.4 Å². The van der Waals surface area contributed by atoms with Crippen molar-refractivity contribution < 1.29 is 9.53 Å². The normalized spacial score (nSPS) is 13.5. The number of ether oxygens (including phenoxy) is 1. The van der Waals surface area contributed by atoms with Gasteiger partial charge in [0.25, 0.3) is 0 Å². The second-order valence-corrected chi connectivity index (χ2v) is 6.88. The Bertz CT molecular complexity index is 299. The van der Waals surface area contributed by atoms with Crippen molar-refractivity contribution in [3.05, 3.63) is 0 Å². The van der Waals surface area contributed by atoms with Crippen molar-refractivity contribution in [1.29, 1.82) is 0 Å². The zero-order valence-electron chi connectivity index (χ0n) is 15.4.